The number of aromatic nitrogens is 2. The van der Waals surface area contributed by atoms with Crippen molar-refractivity contribution in [2.75, 3.05) is 19.0 Å². The second-order valence-corrected chi connectivity index (χ2v) is 10.8. The molecule has 1 aliphatic rings. The van der Waals surface area contributed by atoms with Crippen LogP contribution in [0.1, 0.15) is 24.7 Å². The Balaban J connectivity index is 0.000000888. The van der Waals surface area contributed by atoms with E-state index in [-0.39, 0.29) is 19.0 Å². The van der Waals surface area contributed by atoms with E-state index in [0.29, 0.717) is 34.6 Å². The van der Waals surface area contributed by atoms with Gasteiger partial charge in [-0.05, 0) is 66.8 Å². The van der Waals surface area contributed by atoms with Crippen LogP contribution in [0.4, 0.5) is 10.1 Å². The van der Waals surface area contributed by atoms with Gasteiger partial charge < -0.3 is 28.2 Å². The number of anilines is 1. The van der Waals surface area contributed by atoms with Crippen LogP contribution in [0.3, 0.4) is 0 Å². The Morgan fingerprint density at radius 3 is 2.36 bits per heavy atom. The number of benzene rings is 3. The number of nitrogens with zero attached hydrogens (tertiary/aromatic N) is 3. The van der Waals surface area contributed by atoms with Crippen molar-refractivity contribution >= 4 is 61.5 Å². The number of rotatable bonds is 4. The van der Waals surface area contributed by atoms with Gasteiger partial charge in [-0.3, -0.25) is 4.79 Å². The molecule has 7 rings (SSSR count). The molecule has 0 amide bonds. The lowest BCUT2D eigenvalue weighted by atomic mass is 9.99. The number of carbonyl (C=O) groups is 3. The van der Waals surface area contributed by atoms with Gasteiger partial charge in [0.25, 0.3) is 0 Å². The number of halogens is 1. The quantitative estimate of drug-likeness (QED) is 0.150. The van der Waals surface area contributed by atoms with Gasteiger partial charge in [0.05, 0.1) is 22.5 Å². The van der Waals surface area contributed by atoms with Crippen molar-refractivity contribution in [2.24, 2.45) is 0 Å². The van der Waals surface area contributed by atoms with Gasteiger partial charge in [-0.1, -0.05) is 19.6 Å². The van der Waals surface area contributed by atoms with Gasteiger partial charge in [0.2, 0.25) is 0 Å². The average molecular weight is 626 g/mol. The molecule has 3 aromatic carbocycles. The fourth-order valence-corrected chi connectivity index (χ4v) is 5.88. The van der Waals surface area contributed by atoms with Crippen LogP contribution >= 0.6 is 9.24 Å². The van der Waals surface area contributed by atoms with Gasteiger partial charge in [0, 0.05) is 47.7 Å². The van der Waals surface area contributed by atoms with Gasteiger partial charge in [-0.2, -0.15) is 0 Å². The zero-order valence-corrected chi connectivity index (χ0v) is 25.5. The number of hydrogen-bond donors (Lipinski definition) is 0. The molecule has 0 aliphatic carbocycles. The summed E-state index contributed by atoms with van der Waals surface area (Å²) in [6.07, 6.45) is 0. The van der Waals surface area contributed by atoms with E-state index in [1.165, 1.54) is 19.1 Å². The fourth-order valence-electron chi connectivity index (χ4n) is 5.53. The second kappa shape index (κ2) is 13.2. The predicted molar refractivity (Wildman–Crippen MR) is 181 cm³/mol. The third-order valence-corrected chi connectivity index (χ3v) is 7.96. The van der Waals surface area contributed by atoms with E-state index in [9.17, 15) is 9.18 Å². The maximum absolute atomic E-state index is 13.6. The molecule has 230 valence electrons. The highest BCUT2D eigenvalue weighted by Gasteiger charge is 2.25. The number of furan rings is 1. The summed E-state index contributed by atoms with van der Waals surface area (Å²) in [6.45, 7) is 5.93. The van der Waals surface area contributed by atoms with Crippen LogP contribution in [0.2, 0.25) is 0 Å². The topological polar surface area (TPSA) is 94.6 Å². The molecule has 0 N–H and O–H groups in total. The number of ketones is 1. The van der Waals surface area contributed by atoms with Crippen molar-refractivity contribution < 1.29 is 27.9 Å². The Morgan fingerprint density at radius 1 is 0.978 bits per heavy atom. The van der Waals surface area contributed by atoms with Crippen LogP contribution in [-0.2, 0) is 16.3 Å². The maximum atomic E-state index is 13.6. The summed E-state index contributed by atoms with van der Waals surface area (Å²) in [4.78, 5) is 36.0. The molecule has 6 aromatic rings. The Morgan fingerprint density at radius 2 is 1.69 bits per heavy atom. The predicted octanol–water partition coefficient (Wildman–Crippen LogP) is 7.31. The van der Waals surface area contributed by atoms with Gasteiger partial charge in [0.15, 0.2) is 12.5 Å². The molecular formula is C35H33FN3O5P. The average Bonchev–Trinajstić information content (AvgIpc) is 3.62. The zero-order valence-electron chi connectivity index (χ0n) is 24.4. The molecular weight excluding hydrogens is 592 g/mol. The van der Waals surface area contributed by atoms with Gasteiger partial charge in [-0.15, -0.1) is 9.24 Å². The van der Waals surface area contributed by atoms with Crippen LogP contribution < -0.4 is 14.9 Å². The molecule has 4 heterocycles. The first-order valence-corrected chi connectivity index (χ1v) is 14.0. The number of Topliss-reactive ketones (excluding diaryl/α,β-unsaturated/α-hetero) is 1. The Bertz CT molecular complexity index is 2030. The Hall–Kier alpha value is -5.14. The summed E-state index contributed by atoms with van der Waals surface area (Å²) in [7, 11) is 6.72. The monoisotopic (exact) mass is 625 g/mol. The number of fused-ring (bicyclic) bond motifs is 6. The summed E-state index contributed by atoms with van der Waals surface area (Å²) >= 11 is 0. The van der Waals surface area contributed by atoms with E-state index in [0.717, 1.165) is 50.3 Å². The van der Waals surface area contributed by atoms with Crippen molar-refractivity contribution in [1.82, 2.24) is 9.55 Å². The summed E-state index contributed by atoms with van der Waals surface area (Å²) in [5, 5.41) is 2.94. The summed E-state index contributed by atoms with van der Waals surface area (Å²) in [6, 6.07) is 22.1. The highest BCUT2D eigenvalue weighted by molar-refractivity contribution is 7.28. The van der Waals surface area contributed by atoms with Gasteiger partial charge >= 0.3 is 0 Å². The molecule has 0 fully saturated rings. The van der Waals surface area contributed by atoms with E-state index in [1.807, 2.05) is 62.9 Å². The van der Waals surface area contributed by atoms with E-state index in [4.69, 9.17) is 23.7 Å². The Labute approximate surface area is 262 Å². The third-order valence-electron chi connectivity index (χ3n) is 7.45. The number of hydrogen-bond acceptors (Lipinski definition) is 7. The molecule has 1 atom stereocenters. The van der Waals surface area contributed by atoms with E-state index >= 15 is 0 Å². The SMILES string of the molecule is C.C=O.C=O.CC(=O)c1c(-c2ccc(F)cc2)oc2cc(N(C)C)c(-c3ccc4c(n3)-c3cc5c(P)cccc5n3CO4)cc12. The van der Waals surface area contributed by atoms with Crippen molar-refractivity contribution in [3.8, 4) is 39.7 Å². The first-order chi connectivity index (χ1) is 21.3. The normalized spacial score (nSPS) is 11.1. The minimum absolute atomic E-state index is 0. The smallest absolute Gasteiger partial charge is 0.165 e. The van der Waals surface area contributed by atoms with E-state index in [1.54, 1.807) is 12.1 Å². The van der Waals surface area contributed by atoms with Crippen molar-refractivity contribution in [3.05, 3.63) is 84.2 Å². The van der Waals surface area contributed by atoms with Crippen molar-refractivity contribution in [1.29, 1.82) is 0 Å². The van der Waals surface area contributed by atoms with Crippen molar-refractivity contribution in [2.45, 2.75) is 21.1 Å². The minimum atomic E-state index is -0.350. The van der Waals surface area contributed by atoms with Crippen LogP contribution in [0.5, 0.6) is 5.75 Å². The fraction of sp³-hybridized carbons (Fsp3) is 0.143. The molecule has 8 nitrogen and oxygen atoms in total. The highest BCUT2D eigenvalue weighted by atomic mass is 31.0. The van der Waals surface area contributed by atoms with Gasteiger partial charge in [0.1, 0.15) is 42.2 Å². The third kappa shape index (κ3) is 5.63. The number of ether oxygens (including phenoxy) is 1. The van der Waals surface area contributed by atoms with Crippen LogP contribution in [-0.4, -0.2) is 43.0 Å². The highest BCUT2D eigenvalue weighted by Crippen LogP contribution is 2.43. The minimum Gasteiger partial charge on any atom is -0.470 e. The Kier molecular flexibility index (Phi) is 9.64. The summed E-state index contributed by atoms with van der Waals surface area (Å²) < 4.78 is 28.1. The van der Waals surface area contributed by atoms with Crippen LogP contribution in [0, 0.1) is 5.82 Å². The van der Waals surface area contributed by atoms with E-state index < -0.39 is 0 Å². The first-order valence-electron chi connectivity index (χ1n) is 13.4. The van der Waals surface area contributed by atoms with Crippen molar-refractivity contribution in [3.63, 3.8) is 0 Å². The van der Waals surface area contributed by atoms with Crippen LogP contribution in [0.25, 0.3) is 55.8 Å². The molecule has 3 aromatic heterocycles. The standard InChI is InChI=1S/C32H25FN3O3P.2CH2O.CH4/c1-17(37)30-22-13-20(25(35(2)3)15-28(22)39-32(30)18-7-9-19(33)10-8-18)23-11-12-27-31(34-23)26-14-21-24(36(26)16-38-27)5-4-6-29(21)40;2*1-2;/h4-15H,16,40H2,1-3H3;2*1H2;1H4. The number of pyridine rings is 1. The van der Waals surface area contributed by atoms with Gasteiger partial charge in [-0.25, -0.2) is 9.37 Å². The molecule has 45 heavy (non-hydrogen) atoms. The first kappa shape index (κ1) is 32.8. The molecule has 0 saturated carbocycles. The molecule has 10 heteroatoms. The molecule has 1 aliphatic heterocycles. The summed E-state index contributed by atoms with van der Waals surface area (Å²) in [5.41, 5.74) is 7.01. The largest absolute Gasteiger partial charge is 0.470 e. The zero-order chi connectivity index (χ0) is 31.7. The molecule has 0 saturated heterocycles. The number of carbonyl (C=O) groups excluding carboxylic acids is 3. The lowest BCUT2D eigenvalue weighted by Crippen LogP contribution is -2.14. The molecule has 0 bridgehead atoms. The van der Waals surface area contributed by atoms with Crippen LogP contribution in [0.15, 0.2) is 77.2 Å². The maximum Gasteiger partial charge on any atom is 0.165 e. The molecule has 1 unspecified atom stereocenters. The summed E-state index contributed by atoms with van der Waals surface area (Å²) in [5.74, 6) is 0.667. The molecule has 0 spiro atoms. The lowest BCUT2D eigenvalue weighted by molar-refractivity contribution is -0.0987. The second-order valence-electron chi connectivity index (χ2n) is 10.2. The van der Waals surface area contributed by atoms with E-state index in [2.05, 4.69) is 32.0 Å². The lowest BCUT2D eigenvalue weighted by Gasteiger charge is -2.22. The molecule has 0 radical (unpaired) electrons.